The molecule has 1 aliphatic rings. The third kappa shape index (κ3) is 4.27. The molecule has 0 spiro atoms. The molecule has 0 radical (unpaired) electrons. The largest absolute Gasteiger partial charge is 0.356 e. The number of carbonyl (C=O) groups is 1. The number of hydrogen-bond acceptors (Lipinski definition) is 2. The third-order valence-corrected chi connectivity index (χ3v) is 3.85. The Balaban J connectivity index is 1.78. The quantitative estimate of drug-likeness (QED) is 0.889. The molecule has 0 aliphatic heterocycles. The summed E-state index contributed by atoms with van der Waals surface area (Å²) in [6, 6.07) is 3.55. The van der Waals surface area contributed by atoms with Crippen molar-refractivity contribution in [3.63, 3.8) is 0 Å². The van der Waals surface area contributed by atoms with Gasteiger partial charge in [0, 0.05) is 18.7 Å². The van der Waals surface area contributed by atoms with Gasteiger partial charge in [0.1, 0.15) is 11.6 Å². The van der Waals surface area contributed by atoms with E-state index >= 15 is 0 Å². The van der Waals surface area contributed by atoms with E-state index < -0.39 is 11.6 Å². The van der Waals surface area contributed by atoms with Crippen molar-refractivity contribution in [3.8, 4) is 0 Å². The van der Waals surface area contributed by atoms with Crippen molar-refractivity contribution >= 4 is 5.91 Å². The molecule has 2 rings (SSSR count). The van der Waals surface area contributed by atoms with Crippen LogP contribution in [0.3, 0.4) is 0 Å². The molecule has 1 aromatic rings. The van der Waals surface area contributed by atoms with Crippen LogP contribution in [0.5, 0.6) is 0 Å². The van der Waals surface area contributed by atoms with Gasteiger partial charge in [-0.25, -0.2) is 8.78 Å². The first-order chi connectivity index (χ1) is 9.54. The fourth-order valence-electron chi connectivity index (χ4n) is 2.55. The maximum Gasteiger partial charge on any atom is 0.224 e. The van der Waals surface area contributed by atoms with Crippen LogP contribution in [-0.2, 0) is 11.2 Å². The SMILES string of the molecule is NC1CCC(CNC(=O)Cc2ccc(F)cc2F)CC1. The summed E-state index contributed by atoms with van der Waals surface area (Å²) in [4.78, 5) is 11.8. The van der Waals surface area contributed by atoms with Gasteiger partial charge in [-0.2, -0.15) is 0 Å². The lowest BCUT2D eigenvalue weighted by Crippen LogP contribution is -2.35. The average molecular weight is 282 g/mol. The Labute approximate surface area is 117 Å². The van der Waals surface area contributed by atoms with Gasteiger partial charge in [0.25, 0.3) is 0 Å². The molecule has 20 heavy (non-hydrogen) atoms. The molecule has 5 heteroatoms. The van der Waals surface area contributed by atoms with Crippen LogP contribution in [-0.4, -0.2) is 18.5 Å². The zero-order valence-corrected chi connectivity index (χ0v) is 11.4. The number of benzene rings is 1. The summed E-state index contributed by atoms with van der Waals surface area (Å²) in [6.45, 7) is 0.606. The normalized spacial score (nSPS) is 22.6. The molecule has 3 N–H and O–H groups in total. The fourth-order valence-corrected chi connectivity index (χ4v) is 2.55. The van der Waals surface area contributed by atoms with Crippen molar-refractivity contribution in [3.05, 3.63) is 35.4 Å². The van der Waals surface area contributed by atoms with Crippen molar-refractivity contribution in [2.45, 2.75) is 38.1 Å². The first-order valence-electron chi connectivity index (χ1n) is 7.01. The van der Waals surface area contributed by atoms with Crippen molar-refractivity contribution in [2.24, 2.45) is 11.7 Å². The fraction of sp³-hybridized carbons (Fsp3) is 0.533. The number of carbonyl (C=O) groups excluding carboxylic acids is 1. The minimum Gasteiger partial charge on any atom is -0.356 e. The number of hydrogen-bond donors (Lipinski definition) is 2. The zero-order valence-electron chi connectivity index (χ0n) is 11.4. The summed E-state index contributed by atoms with van der Waals surface area (Å²) in [7, 11) is 0. The average Bonchev–Trinajstić information content (AvgIpc) is 2.41. The van der Waals surface area contributed by atoms with Crippen LogP contribution in [0.15, 0.2) is 18.2 Å². The van der Waals surface area contributed by atoms with E-state index in [1.54, 1.807) is 0 Å². The van der Waals surface area contributed by atoms with Gasteiger partial charge in [-0.15, -0.1) is 0 Å². The molecule has 0 unspecified atom stereocenters. The molecule has 1 aromatic carbocycles. The van der Waals surface area contributed by atoms with Gasteiger partial charge >= 0.3 is 0 Å². The monoisotopic (exact) mass is 282 g/mol. The highest BCUT2D eigenvalue weighted by Crippen LogP contribution is 2.22. The smallest absolute Gasteiger partial charge is 0.224 e. The Morgan fingerprint density at radius 3 is 2.60 bits per heavy atom. The predicted molar refractivity (Wildman–Crippen MR) is 73.0 cm³/mol. The van der Waals surface area contributed by atoms with Gasteiger partial charge in [0.15, 0.2) is 0 Å². The molecule has 1 saturated carbocycles. The van der Waals surface area contributed by atoms with Gasteiger partial charge < -0.3 is 11.1 Å². The van der Waals surface area contributed by atoms with Gasteiger partial charge in [-0.05, 0) is 43.2 Å². The first kappa shape index (κ1) is 14.9. The lowest BCUT2D eigenvalue weighted by atomic mass is 9.86. The summed E-state index contributed by atoms with van der Waals surface area (Å²) in [5.41, 5.74) is 6.04. The minimum atomic E-state index is -0.677. The summed E-state index contributed by atoms with van der Waals surface area (Å²) in [5.74, 6) is -1.09. The van der Waals surface area contributed by atoms with E-state index in [9.17, 15) is 13.6 Å². The minimum absolute atomic E-state index is 0.0572. The highest BCUT2D eigenvalue weighted by Gasteiger charge is 2.19. The van der Waals surface area contributed by atoms with E-state index in [1.165, 1.54) is 6.07 Å². The lowest BCUT2D eigenvalue weighted by molar-refractivity contribution is -0.120. The number of nitrogens with two attached hydrogens (primary N) is 1. The highest BCUT2D eigenvalue weighted by molar-refractivity contribution is 5.78. The zero-order chi connectivity index (χ0) is 14.5. The topological polar surface area (TPSA) is 55.1 Å². The number of amides is 1. The molecule has 0 atom stereocenters. The maximum atomic E-state index is 13.4. The van der Waals surface area contributed by atoms with Crippen LogP contribution >= 0.6 is 0 Å². The van der Waals surface area contributed by atoms with Crippen LogP contribution in [0.1, 0.15) is 31.2 Å². The van der Waals surface area contributed by atoms with Crippen LogP contribution in [0.25, 0.3) is 0 Å². The summed E-state index contributed by atoms with van der Waals surface area (Å²) >= 11 is 0. The third-order valence-electron chi connectivity index (χ3n) is 3.85. The van der Waals surface area contributed by atoms with Crippen LogP contribution in [0.4, 0.5) is 8.78 Å². The van der Waals surface area contributed by atoms with E-state index in [4.69, 9.17) is 5.73 Å². The number of rotatable bonds is 4. The predicted octanol–water partition coefficient (Wildman–Crippen LogP) is 2.14. The molecule has 3 nitrogen and oxygen atoms in total. The molecule has 1 aliphatic carbocycles. The Morgan fingerprint density at radius 2 is 1.95 bits per heavy atom. The van der Waals surface area contributed by atoms with E-state index in [0.717, 1.165) is 37.8 Å². The Kier molecular flexibility index (Phi) is 5.06. The lowest BCUT2D eigenvalue weighted by Gasteiger charge is -2.26. The second-order valence-electron chi connectivity index (χ2n) is 5.50. The molecular weight excluding hydrogens is 262 g/mol. The molecule has 1 amide bonds. The van der Waals surface area contributed by atoms with E-state index in [0.29, 0.717) is 12.5 Å². The van der Waals surface area contributed by atoms with Gasteiger partial charge in [0.2, 0.25) is 5.91 Å². The second kappa shape index (κ2) is 6.79. The molecular formula is C15H20F2N2O. The Bertz CT molecular complexity index is 471. The summed E-state index contributed by atoms with van der Waals surface area (Å²) < 4.78 is 26.2. The molecule has 0 heterocycles. The van der Waals surface area contributed by atoms with Crippen molar-refractivity contribution in [2.75, 3.05) is 6.54 Å². The molecule has 110 valence electrons. The van der Waals surface area contributed by atoms with E-state index in [-0.39, 0.29) is 23.9 Å². The summed E-state index contributed by atoms with van der Waals surface area (Å²) in [5, 5.41) is 2.82. The first-order valence-corrected chi connectivity index (χ1v) is 7.01. The van der Waals surface area contributed by atoms with Crippen LogP contribution < -0.4 is 11.1 Å². The highest BCUT2D eigenvalue weighted by atomic mass is 19.1. The van der Waals surface area contributed by atoms with Crippen molar-refractivity contribution < 1.29 is 13.6 Å². The van der Waals surface area contributed by atoms with Crippen molar-refractivity contribution in [1.29, 1.82) is 0 Å². The molecule has 0 aromatic heterocycles. The van der Waals surface area contributed by atoms with E-state index in [1.807, 2.05) is 0 Å². The number of nitrogens with one attached hydrogen (secondary N) is 1. The Hall–Kier alpha value is -1.49. The molecule has 1 fully saturated rings. The maximum absolute atomic E-state index is 13.4. The van der Waals surface area contributed by atoms with Gasteiger partial charge in [-0.1, -0.05) is 6.07 Å². The number of halogens is 2. The van der Waals surface area contributed by atoms with Gasteiger partial charge in [0.05, 0.1) is 6.42 Å². The van der Waals surface area contributed by atoms with Crippen LogP contribution in [0, 0.1) is 17.6 Å². The standard InChI is InChI=1S/C15H20F2N2O/c16-12-4-3-11(14(17)8-12)7-15(20)19-9-10-1-5-13(18)6-2-10/h3-4,8,10,13H,1-2,5-7,9,18H2,(H,19,20). The van der Waals surface area contributed by atoms with E-state index in [2.05, 4.69) is 5.32 Å². The molecule has 0 bridgehead atoms. The second-order valence-corrected chi connectivity index (χ2v) is 5.50. The Morgan fingerprint density at radius 1 is 1.25 bits per heavy atom. The molecule has 0 saturated heterocycles. The summed E-state index contributed by atoms with van der Waals surface area (Å²) in [6.07, 6.45) is 3.97. The van der Waals surface area contributed by atoms with Gasteiger partial charge in [-0.3, -0.25) is 4.79 Å². The van der Waals surface area contributed by atoms with Crippen LogP contribution in [0.2, 0.25) is 0 Å². The van der Waals surface area contributed by atoms with Crippen molar-refractivity contribution in [1.82, 2.24) is 5.32 Å².